The van der Waals surface area contributed by atoms with Crippen molar-refractivity contribution >= 4 is 135 Å². The predicted octanol–water partition coefficient (Wildman–Crippen LogP) is -3.48. The zero-order valence-corrected chi connectivity index (χ0v) is 74.4. The van der Waals surface area contributed by atoms with Gasteiger partial charge in [0, 0.05) is 0 Å². The Hall–Kier alpha value is -2.01. The molecule has 29 atom stereocenters. The van der Waals surface area contributed by atoms with Gasteiger partial charge in [-0.25, -0.2) is 54.4 Å². The summed E-state index contributed by atoms with van der Waals surface area (Å²) in [5.41, 5.74) is -0.420. The number of ether oxygens (including phenoxy) is 8. The van der Waals surface area contributed by atoms with Gasteiger partial charge in [0.05, 0.1) is 32.5 Å². The van der Waals surface area contributed by atoms with Gasteiger partial charge in [-0.15, -0.1) is 0 Å². The van der Waals surface area contributed by atoms with Gasteiger partial charge >= 0.3 is 135 Å². The summed E-state index contributed by atoms with van der Waals surface area (Å²) in [7, 11) is -83.6. The Morgan fingerprint density at radius 3 is 0.879 bits per heavy atom. The molecular formula is C51H88O60S13. The lowest BCUT2D eigenvalue weighted by Gasteiger charge is -2.61. The number of hydrogen-bond acceptors (Lipinski definition) is 47. The molecule has 0 spiro atoms. The molecule has 8 aliphatic rings. The molecule has 4 aliphatic heterocycles. The SMILES string of the molecule is CC(C)CCC[C@@H](C)[C@H]1CC[C@H]2[C@@H]3CC[C@H]4C[C@@H](O[C@H]5O[C@H](COS(=O)(=O)O)[C@@H](O[C@H]6O[C@H](COS(=O)(=O)O)[C@@H](O[C@H]7O[C@H](COS(=O)(=O)O)[C@@H](O[C@H]8O[C@H](COS(=O)(=O)O)[C@@H](OS(=O)(=O)O)[C@H](OS(=O)(=O)O)[C@H]8OS(=O)(=O)O)[C@H](OS(=O)(=O)O)[C@H]7OS(=O)(=O)O)[C@H](OS(=O)(=O)O)[C@H]6OS(=O)(=O)O)[C@H](OS(=O)(=O)O)[C@H]5OS(=O)(=O)O)CC[C@]4(C)[C@H]3CC[C@]12C. The highest BCUT2D eigenvalue weighted by molar-refractivity contribution is 7.83. The van der Waals surface area contributed by atoms with Crippen molar-refractivity contribution in [3.05, 3.63) is 0 Å². The van der Waals surface area contributed by atoms with Crippen LogP contribution in [0.15, 0.2) is 0 Å². The van der Waals surface area contributed by atoms with Crippen LogP contribution >= 0.6 is 0 Å². The average molecular weight is 2080 g/mol. The van der Waals surface area contributed by atoms with Gasteiger partial charge in [0.25, 0.3) is 0 Å². The van der Waals surface area contributed by atoms with Crippen LogP contribution in [0.3, 0.4) is 0 Å². The van der Waals surface area contributed by atoms with E-state index in [9.17, 15) is 169 Å². The van der Waals surface area contributed by atoms with E-state index in [2.05, 4.69) is 80.6 Å². The number of rotatable bonds is 43. The predicted molar refractivity (Wildman–Crippen MR) is 385 cm³/mol. The summed E-state index contributed by atoms with van der Waals surface area (Å²) < 4.78 is 562. The Kier molecular flexibility index (Phi) is 34.5. The van der Waals surface area contributed by atoms with Crippen molar-refractivity contribution < 1.29 is 261 Å². The standard InChI is InChI=1S/C51H88O60S13/c1-22(2)7-6-8-23(3)27-11-12-28-26-10-9-24-17-25(13-15-50(24,4)29(26)14-16-51(27,28)5)95-46-42(108-121(79,80)81)38(104-117(67,68)69)34(30(96-46)18-91-112(52,53)54)100-47-43(109-122(82,83)84)39(105-118(70,71)72)35(31(97-47)19-92-113(55,56)57)101-48-44(110-123(85,86)87)40(106-119(73,74)75)36(32(98-48)20-93-114(58,59)60)102-49-45(111-124(88,89)90)41(107-120(76,77)78)37(103-116(64,65)66)33(99-49)21-94-115(61,62)63/h22-49H,6-21H2,1-5H3,(H,52,53,54)(H,55,56,57)(H,58,59,60)(H,61,62,63)(H,64,65,66)(H,67,68,69)(H,70,71,72)(H,73,74,75)(H,76,77,78)(H,79,80,81)(H,82,83,84)(H,85,86,87)(H,88,89,90)/t23-,24+,25+,26+,27-,28+,29+,30-,31-,32-,33-,34-,35-,36-,37-,38+,39+,40+,41+,42-,43-,44-,45-,46+,47-,48-,49-,50+,51-/m1/s1. The van der Waals surface area contributed by atoms with Crippen LogP contribution in [0.25, 0.3) is 0 Å². The van der Waals surface area contributed by atoms with Gasteiger partial charge in [0.1, 0.15) is 73.2 Å². The molecule has 13 N–H and O–H groups in total. The second-order valence-corrected chi connectivity index (χ2v) is 44.2. The highest BCUT2D eigenvalue weighted by Crippen LogP contribution is 2.69. The van der Waals surface area contributed by atoms with E-state index < -0.39 is 296 Å². The topological polar surface area (TPSA) is 901 Å². The van der Waals surface area contributed by atoms with E-state index >= 15 is 0 Å². The minimum Gasteiger partial charge on any atom is -0.347 e. The van der Waals surface area contributed by atoms with E-state index in [1.165, 1.54) is 0 Å². The monoisotopic (exact) mass is 2080 g/mol. The normalized spacial score (nSPS) is 37.1. The molecule has 4 saturated carbocycles. The summed E-state index contributed by atoms with van der Waals surface area (Å²) in [5.74, 6) is 1.91. The molecule has 0 bridgehead atoms. The Balaban J connectivity index is 1.25. The first-order chi connectivity index (χ1) is 55.9. The Morgan fingerprint density at radius 1 is 0.298 bits per heavy atom. The third-order valence-electron chi connectivity index (χ3n) is 22.0. The summed E-state index contributed by atoms with van der Waals surface area (Å²) in [6.45, 7) is 2.20. The average Bonchev–Trinajstić information content (AvgIpc) is 1.47. The molecule has 0 aromatic carbocycles. The molecule has 0 aromatic rings. The first kappa shape index (κ1) is 107. The van der Waals surface area contributed by atoms with Crippen LogP contribution in [-0.2, 0) is 227 Å². The molecule has 73 heteroatoms. The van der Waals surface area contributed by atoms with Crippen LogP contribution < -0.4 is 0 Å². The molecule has 730 valence electrons. The second kappa shape index (κ2) is 39.9. The molecule has 4 heterocycles. The van der Waals surface area contributed by atoms with E-state index in [0.29, 0.717) is 42.9 Å². The maximum Gasteiger partial charge on any atom is 0.397 e. The molecule has 4 saturated heterocycles. The largest absolute Gasteiger partial charge is 0.397 e. The van der Waals surface area contributed by atoms with Gasteiger partial charge in [-0.05, 0) is 110 Å². The van der Waals surface area contributed by atoms with Crippen molar-refractivity contribution in [3.8, 4) is 0 Å². The second-order valence-electron chi connectivity index (χ2n) is 30.4. The van der Waals surface area contributed by atoms with Crippen molar-refractivity contribution in [1.82, 2.24) is 0 Å². The van der Waals surface area contributed by atoms with E-state index in [4.69, 9.17) is 46.3 Å². The van der Waals surface area contributed by atoms with Crippen LogP contribution in [0.1, 0.15) is 112 Å². The molecule has 60 nitrogen and oxygen atoms in total. The zero-order chi connectivity index (χ0) is 93.8. The highest BCUT2D eigenvalue weighted by Gasteiger charge is 2.66. The summed E-state index contributed by atoms with van der Waals surface area (Å²) >= 11 is 0. The fraction of sp³-hybridized carbons (Fsp3) is 1.00. The van der Waals surface area contributed by atoms with E-state index in [0.717, 1.165) is 44.9 Å². The molecule has 0 amide bonds. The Labute approximate surface area is 710 Å². The first-order valence-electron chi connectivity index (χ1n) is 35.6. The van der Waals surface area contributed by atoms with E-state index in [-0.39, 0.29) is 36.0 Å². The van der Waals surface area contributed by atoms with Gasteiger partial charge in [-0.3, -0.25) is 59.2 Å². The van der Waals surface area contributed by atoms with Gasteiger partial charge in [-0.2, -0.15) is 109 Å². The summed E-state index contributed by atoms with van der Waals surface area (Å²) in [5, 5.41) is 0. The minimum absolute atomic E-state index is 0.00149. The van der Waals surface area contributed by atoms with E-state index in [1.54, 1.807) is 0 Å². The molecule has 0 radical (unpaired) electrons. The third kappa shape index (κ3) is 31.8. The first-order valence-corrected chi connectivity index (χ1v) is 53.3. The summed E-state index contributed by atoms with van der Waals surface area (Å²) in [6, 6.07) is 0. The molecule has 8 fully saturated rings. The van der Waals surface area contributed by atoms with Gasteiger partial charge in [-0.1, -0.05) is 53.9 Å². The molecular weight excluding hydrogens is 1990 g/mol. The highest BCUT2D eigenvalue weighted by atomic mass is 32.3. The van der Waals surface area contributed by atoms with Crippen molar-refractivity contribution in [2.45, 2.75) is 241 Å². The molecule has 0 aromatic heterocycles. The summed E-state index contributed by atoms with van der Waals surface area (Å²) in [6.07, 6.45) is -63.1. The van der Waals surface area contributed by atoms with Crippen LogP contribution in [-0.4, -0.2) is 324 Å². The molecule has 8 rings (SSSR count). The third-order valence-corrected chi connectivity index (χ3v) is 27.9. The maximum atomic E-state index is 13.2. The van der Waals surface area contributed by atoms with E-state index in [1.807, 2.05) is 0 Å². The van der Waals surface area contributed by atoms with Crippen LogP contribution in [0.4, 0.5) is 0 Å². The minimum atomic E-state index is -6.78. The van der Waals surface area contributed by atoms with Crippen LogP contribution in [0.2, 0.25) is 0 Å². The molecule has 4 aliphatic carbocycles. The summed E-state index contributed by atoms with van der Waals surface area (Å²) in [4.78, 5) is 0. The van der Waals surface area contributed by atoms with Gasteiger partial charge in [0.2, 0.25) is 0 Å². The quantitative estimate of drug-likeness (QED) is 0.0208. The van der Waals surface area contributed by atoms with Crippen LogP contribution in [0, 0.1) is 52.3 Å². The lowest BCUT2D eigenvalue weighted by Crippen LogP contribution is -2.69. The van der Waals surface area contributed by atoms with Crippen molar-refractivity contribution in [3.63, 3.8) is 0 Å². The van der Waals surface area contributed by atoms with Crippen molar-refractivity contribution in [1.29, 1.82) is 0 Å². The van der Waals surface area contributed by atoms with Gasteiger partial charge in [0.15, 0.2) is 49.6 Å². The Bertz CT molecular complexity index is 5310. The van der Waals surface area contributed by atoms with Crippen molar-refractivity contribution in [2.75, 3.05) is 26.4 Å². The van der Waals surface area contributed by atoms with Crippen molar-refractivity contribution in [2.24, 2.45) is 52.3 Å². The fourth-order valence-electron chi connectivity index (χ4n) is 17.8. The molecule has 0 unspecified atom stereocenters. The van der Waals surface area contributed by atoms with Crippen LogP contribution in [0.5, 0.6) is 0 Å². The molecule has 124 heavy (non-hydrogen) atoms. The number of hydrogen-bond donors (Lipinski definition) is 13. The lowest BCUT2D eigenvalue weighted by molar-refractivity contribution is -0.380. The smallest absolute Gasteiger partial charge is 0.347 e. The maximum absolute atomic E-state index is 13.2. The van der Waals surface area contributed by atoms with Gasteiger partial charge < -0.3 is 37.9 Å². The zero-order valence-electron chi connectivity index (χ0n) is 63.8. The fourth-order valence-corrected chi connectivity index (χ4v) is 23.5. The lowest BCUT2D eigenvalue weighted by atomic mass is 9.44. The Morgan fingerprint density at radius 2 is 0.573 bits per heavy atom. The number of fused-ring (bicyclic) bond motifs is 5.